The molecule has 2 nitrogen and oxygen atoms in total. The van der Waals surface area contributed by atoms with Crippen molar-refractivity contribution in [2.45, 2.75) is 6.42 Å². The van der Waals surface area contributed by atoms with Crippen molar-refractivity contribution in [3.63, 3.8) is 0 Å². The van der Waals surface area contributed by atoms with Crippen LogP contribution in [-0.4, -0.2) is 11.7 Å². The maximum atomic E-state index is 11.0. The Morgan fingerprint density at radius 2 is 2.15 bits per heavy atom. The zero-order valence-electron chi connectivity index (χ0n) is 6.89. The van der Waals surface area contributed by atoms with Gasteiger partial charge in [-0.05, 0) is 46.4 Å². The maximum absolute atomic E-state index is 11.0. The van der Waals surface area contributed by atoms with Gasteiger partial charge in [0.2, 0.25) is 0 Å². The van der Waals surface area contributed by atoms with E-state index in [1.807, 2.05) is 12.1 Å². The number of benzene rings is 1. The molecule has 0 aliphatic heterocycles. The van der Waals surface area contributed by atoms with E-state index < -0.39 is 0 Å². The lowest BCUT2D eigenvalue weighted by molar-refractivity contribution is -0.116. The van der Waals surface area contributed by atoms with Crippen LogP contribution in [0.4, 0.5) is 5.69 Å². The molecule has 1 aromatic carbocycles. The fourth-order valence-corrected chi connectivity index (χ4v) is 1.91. The van der Waals surface area contributed by atoms with Crippen molar-refractivity contribution in [1.82, 2.24) is 0 Å². The van der Waals surface area contributed by atoms with Gasteiger partial charge in [0.25, 0.3) is 0 Å². The number of rotatable bonds is 3. The predicted octanol–water partition coefficient (Wildman–Crippen LogP) is 2.22. The van der Waals surface area contributed by atoms with Crippen molar-refractivity contribution in [3.05, 3.63) is 27.3 Å². The number of alkyl halides is 1. The second-order valence-corrected chi connectivity index (χ2v) is 4.25. The predicted molar refractivity (Wildman–Crippen MR) is 63.0 cm³/mol. The van der Waals surface area contributed by atoms with Crippen molar-refractivity contribution < 1.29 is 4.79 Å². The molecule has 0 aliphatic rings. The van der Waals surface area contributed by atoms with E-state index >= 15 is 0 Å². The standard InChI is InChI=1S/C9H9ClINO/c10-5-9(13)3-6-1-7(11)4-8(12)2-6/h1-2,4H,3,5,12H2. The molecule has 0 aromatic heterocycles. The third-order valence-corrected chi connectivity index (χ3v) is 2.45. The van der Waals surface area contributed by atoms with Crippen molar-refractivity contribution in [2.75, 3.05) is 11.6 Å². The van der Waals surface area contributed by atoms with E-state index in [9.17, 15) is 4.79 Å². The Hall–Kier alpha value is -0.290. The van der Waals surface area contributed by atoms with Gasteiger partial charge in [-0.1, -0.05) is 0 Å². The Morgan fingerprint density at radius 3 is 2.69 bits per heavy atom. The molecule has 0 saturated heterocycles. The van der Waals surface area contributed by atoms with Crippen LogP contribution in [0, 0.1) is 3.57 Å². The van der Waals surface area contributed by atoms with E-state index in [0.717, 1.165) is 9.13 Å². The number of nitrogen functional groups attached to an aromatic ring is 1. The van der Waals surface area contributed by atoms with Crippen molar-refractivity contribution in [2.24, 2.45) is 0 Å². The molecular formula is C9H9ClINO. The zero-order chi connectivity index (χ0) is 9.84. The number of anilines is 1. The minimum absolute atomic E-state index is 0.0167. The van der Waals surface area contributed by atoms with Crippen molar-refractivity contribution in [1.29, 1.82) is 0 Å². The van der Waals surface area contributed by atoms with Crippen LogP contribution in [-0.2, 0) is 11.2 Å². The number of hydrogen-bond donors (Lipinski definition) is 1. The van der Waals surface area contributed by atoms with Crippen LogP contribution in [0.1, 0.15) is 5.56 Å². The first-order chi connectivity index (χ1) is 6.11. The summed E-state index contributed by atoms with van der Waals surface area (Å²) < 4.78 is 1.04. The number of hydrogen-bond acceptors (Lipinski definition) is 2. The molecule has 70 valence electrons. The van der Waals surface area contributed by atoms with E-state index in [2.05, 4.69) is 22.6 Å². The number of halogens is 2. The van der Waals surface area contributed by atoms with Crippen LogP contribution < -0.4 is 5.73 Å². The third-order valence-electron chi connectivity index (χ3n) is 1.53. The Labute approximate surface area is 95.6 Å². The summed E-state index contributed by atoms with van der Waals surface area (Å²) >= 11 is 7.56. The van der Waals surface area contributed by atoms with Gasteiger partial charge in [0, 0.05) is 15.7 Å². The summed E-state index contributed by atoms with van der Waals surface area (Å²) in [5, 5.41) is 0. The monoisotopic (exact) mass is 309 g/mol. The Morgan fingerprint density at radius 1 is 1.46 bits per heavy atom. The van der Waals surface area contributed by atoms with Crippen LogP contribution in [0.3, 0.4) is 0 Å². The summed E-state index contributed by atoms with van der Waals surface area (Å²) in [5.74, 6) is 0.0776. The van der Waals surface area contributed by atoms with Gasteiger partial charge < -0.3 is 5.73 Å². The number of ketones is 1. The molecule has 0 amide bonds. The lowest BCUT2D eigenvalue weighted by Crippen LogP contribution is -2.04. The van der Waals surface area contributed by atoms with E-state index in [1.165, 1.54) is 0 Å². The molecule has 1 aromatic rings. The van der Waals surface area contributed by atoms with Gasteiger partial charge in [-0.3, -0.25) is 4.79 Å². The fraction of sp³-hybridized carbons (Fsp3) is 0.222. The number of carbonyl (C=O) groups is 1. The van der Waals surface area contributed by atoms with Crippen LogP contribution in [0.15, 0.2) is 18.2 Å². The maximum Gasteiger partial charge on any atom is 0.151 e. The Kier molecular flexibility index (Phi) is 3.99. The first kappa shape index (κ1) is 10.8. The summed E-state index contributed by atoms with van der Waals surface area (Å²) in [5.41, 5.74) is 7.24. The molecule has 0 radical (unpaired) electrons. The van der Waals surface area contributed by atoms with Gasteiger partial charge in [-0.15, -0.1) is 11.6 Å². The highest BCUT2D eigenvalue weighted by Gasteiger charge is 2.03. The highest BCUT2D eigenvalue weighted by atomic mass is 127. The molecule has 0 bridgehead atoms. The molecule has 0 saturated carbocycles. The second-order valence-electron chi connectivity index (χ2n) is 2.74. The first-order valence-corrected chi connectivity index (χ1v) is 5.36. The molecule has 13 heavy (non-hydrogen) atoms. The molecule has 0 fully saturated rings. The van der Waals surface area contributed by atoms with E-state index in [1.54, 1.807) is 6.07 Å². The van der Waals surface area contributed by atoms with Gasteiger partial charge in [-0.2, -0.15) is 0 Å². The SMILES string of the molecule is Nc1cc(I)cc(CC(=O)CCl)c1. The molecule has 0 unspecified atom stereocenters. The Bertz CT molecular complexity index is 307. The van der Waals surface area contributed by atoms with Crippen LogP contribution >= 0.6 is 34.2 Å². The average molecular weight is 310 g/mol. The van der Waals surface area contributed by atoms with E-state index in [-0.39, 0.29) is 11.7 Å². The number of Topliss-reactive ketones (excluding diaryl/α,β-unsaturated/α-hetero) is 1. The zero-order valence-corrected chi connectivity index (χ0v) is 9.80. The van der Waals surface area contributed by atoms with Crippen LogP contribution in [0.2, 0.25) is 0 Å². The molecule has 0 aliphatic carbocycles. The summed E-state index contributed by atoms with van der Waals surface area (Å²) in [6.07, 6.45) is 0.366. The van der Waals surface area contributed by atoms with Gasteiger partial charge in [-0.25, -0.2) is 0 Å². The highest BCUT2D eigenvalue weighted by Crippen LogP contribution is 2.14. The van der Waals surface area contributed by atoms with Crippen LogP contribution in [0.5, 0.6) is 0 Å². The number of nitrogens with two attached hydrogens (primary N) is 1. The number of carbonyl (C=O) groups excluding carboxylic acids is 1. The largest absolute Gasteiger partial charge is 0.399 e. The first-order valence-electron chi connectivity index (χ1n) is 3.74. The normalized spacial score (nSPS) is 10.0. The summed E-state index contributed by atoms with van der Waals surface area (Å²) in [4.78, 5) is 11.0. The van der Waals surface area contributed by atoms with Crippen molar-refractivity contribution >= 4 is 45.7 Å². The second kappa shape index (κ2) is 4.81. The molecule has 0 atom stereocenters. The lowest BCUT2D eigenvalue weighted by Gasteiger charge is -2.01. The lowest BCUT2D eigenvalue weighted by atomic mass is 10.1. The molecule has 1 rings (SSSR count). The molecular weight excluding hydrogens is 300 g/mol. The van der Waals surface area contributed by atoms with Gasteiger partial charge in [0.05, 0.1) is 5.88 Å². The summed E-state index contributed by atoms with van der Waals surface area (Å²) in [6, 6.07) is 5.59. The van der Waals surface area contributed by atoms with E-state index in [4.69, 9.17) is 17.3 Å². The smallest absolute Gasteiger partial charge is 0.151 e. The fourth-order valence-electron chi connectivity index (χ4n) is 1.05. The molecule has 4 heteroatoms. The summed E-state index contributed by atoms with van der Waals surface area (Å²) in [6.45, 7) is 0. The van der Waals surface area contributed by atoms with Gasteiger partial charge in [0.15, 0.2) is 5.78 Å². The molecule has 2 N–H and O–H groups in total. The quantitative estimate of drug-likeness (QED) is 0.528. The van der Waals surface area contributed by atoms with Gasteiger partial charge in [0.1, 0.15) is 0 Å². The minimum atomic E-state index is 0.0167. The average Bonchev–Trinajstić information content (AvgIpc) is 2.02. The molecule has 0 heterocycles. The third kappa shape index (κ3) is 3.52. The Balaban J connectivity index is 2.83. The van der Waals surface area contributed by atoms with Crippen LogP contribution in [0.25, 0.3) is 0 Å². The molecule has 0 spiro atoms. The van der Waals surface area contributed by atoms with Gasteiger partial charge >= 0.3 is 0 Å². The summed E-state index contributed by atoms with van der Waals surface area (Å²) in [7, 11) is 0. The van der Waals surface area contributed by atoms with Crippen molar-refractivity contribution in [3.8, 4) is 0 Å². The van der Waals surface area contributed by atoms with E-state index in [0.29, 0.717) is 12.1 Å². The topological polar surface area (TPSA) is 43.1 Å². The minimum Gasteiger partial charge on any atom is -0.399 e. The highest BCUT2D eigenvalue weighted by molar-refractivity contribution is 14.1.